The molecule has 0 unspecified atom stereocenters. The fourth-order valence-electron chi connectivity index (χ4n) is 2.31. The van der Waals surface area contributed by atoms with Crippen LogP contribution in [0.5, 0.6) is 11.5 Å². The van der Waals surface area contributed by atoms with E-state index in [1.54, 1.807) is 12.3 Å². The number of pyridine rings is 1. The minimum Gasteiger partial charge on any atom is -0.485 e. The van der Waals surface area contributed by atoms with Gasteiger partial charge in [0.1, 0.15) is 19.8 Å². The molecule has 0 saturated heterocycles. The van der Waals surface area contributed by atoms with Gasteiger partial charge in [-0.15, -0.1) is 0 Å². The van der Waals surface area contributed by atoms with Gasteiger partial charge in [0, 0.05) is 6.07 Å². The van der Waals surface area contributed by atoms with Crippen LogP contribution in [-0.4, -0.2) is 4.98 Å². The van der Waals surface area contributed by atoms with Crippen molar-refractivity contribution in [1.29, 1.82) is 0 Å². The van der Waals surface area contributed by atoms with Gasteiger partial charge in [0.25, 0.3) is 0 Å². The lowest BCUT2D eigenvalue weighted by Gasteiger charge is -2.13. The molecule has 3 aromatic rings. The molecule has 25 heavy (non-hydrogen) atoms. The van der Waals surface area contributed by atoms with E-state index < -0.39 is 0 Å². The Bertz CT molecular complexity index is 808. The van der Waals surface area contributed by atoms with E-state index in [0.29, 0.717) is 30.4 Å². The van der Waals surface area contributed by atoms with Crippen molar-refractivity contribution in [3.8, 4) is 11.5 Å². The van der Waals surface area contributed by atoms with Crippen LogP contribution in [0.15, 0.2) is 78.1 Å². The Labute approximate surface area is 146 Å². The van der Waals surface area contributed by atoms with Gasteiger partial charge in [-0.1, -0.05) is 65.8 Å². The fraction of sp³-hybridized carbons (Fsp3) is 0.150. The number of aromatic nitrogens is 1. The van der Waals surface area contributed by atoms with E-state index in [0.717, 1.165) is 11.1 Å². The molecule has 0 aliphatic rings. The van der Waals surface area contributed by atoms with Crippen LogP contribution >= 0.6 is 0 Å². The number of nitroso groups, excluding NO2 is 1. The topological polar surface area (TPSA) is 60.8 Å². The lowest BCUT2D eigenvalue weighted by atomic mass is 10.2. The van der Waals surface area contributed by atoms with Crippen molar-refractivity contribution in [3.63, 3.8) is 0 Å². The minimum atomic E-state index is 0.000657. The summed E-state index contributed by atoms with van der Waals surface area (Å²) in [6.07, 6.45) is 1.57. The smallest absolute Gasteiger partial charge is 0.179 e. The zero-order valence-electron chi connectivity index (χ0n) is 13.7. The lowest BCUT2D eigenvalue weighted by Crippen LogP contribution is -2.02. The molecular weight excluding hydrogens is 316 g/mol. The molecule has 1 aromatic heterocycles. The van der Waals surface area contributed by atoms with Crippen molar-refractivity contribution in [1.82, 2.24) is 4.98 Å². The first kappa shape index (κ1) is 16.6. The first-order valence-electron chi connectivity index (χ1n) is 7.96. The molecule has 0 aliphatic carbocycles. The van der Waals surface area contributed by atoms with Gasteiger partial charge >= 0.3 is 0 Å². The first-order chi connectivity index (χ1) is 12.3. The summed E-state index contributed by atoms with van der Waals surface area (Å²) in [5.74, 6) is 1.09. The van der Waals surface area contributed by atoms with Crippen LogP contribution < -0.4 is 9.47 Å². The molecule has 126 valence electrons. The average molecular weight is 334 g/mol. The quantitative estimate of drug-likeness (QED) is 0.569. The SMILES string of the molecule is O=NCc1cc(OCc2ccccc2)c(OCc2ccccc2)cn1. The molecule has 0 radical (unpaired) electrons. The molecule has 5 heteroatoms. The molecule has 0 fully saturated rings. The van der Waals surface area contributed by atoms with Crippen LogP contribution in [-0.2, 0) is 19.8 Å². The standard InChI is InChI=1S/C20H18N2O3/c23-22-12-18-11-19(24-14-16-7-3-1-4-8-16)20(13-21-18)25-15-17-9-5-2-6-10-17/h1-11,13H,12,14-15H2. The molecule has 0 spiro atoms. The molecule has 0 amide bonds. The largest absolute Gasteiger partial charge is 0.485 e. The Hall–Kier alpha value is -3.21. The van der Waals surface area contributed by atoms with Crippen LogP contribution in [0.25, 0.3) is 0 Å². The summed E-state index contributed by atoms with van der Waals surface area (Å²) < 4.78 is 11.7. The van der Waals surface area contributed by atoms with Gasteiger partial charge < -0.3 is 9.47 Å². The number of hydrogen-bond donors (Lipinski definition) is 0. The Morgan fingerprint density at radius 3 is 1.92 bits per heavy atom. The van der Waals surface area contributed by atoms with E-state index >= 15 is 0 Å². The van der Waals surface area contributed by atoms with Crippen molar-refractivity contribution in [2.75, 3.05) is 0 Å². The predicted octanol–water partition coefficient (Wildman–Crippen LogP) is 4.51. The van der Waals surface area contributed by atoms with Gasteiger partial charge in [0.15, 0.2) is 11.5 Å². The van der Waals surface area contributed by atoms with Crippen LogP contribution in [0, 0.1) is 4.91 Å². The normalized spacial score (nSPS) is 10.2. The van der Waals surface area contributed by atoms with Crippen LogP contribution in [0.4, 0.5) is 0 Å². The van der Waals surface area contributed by atoms with Gasteiger partial charge in [0.05, 0.1) is 11.9 Å². The molecule has 0 bridgehead atoms. The van der Waals surface area contributed by atoms with Gasteiger partial charge in [-0.05, 0) is 11.1 Å². The van der Waals surface area contributed by atoms with Crippen molar-refractivity contribution in [2.24, 2.45) is 5.18 Å². The third kappa shape index (κ3) is 4.88. The summed E-state index contributed by atoms with van der Waals surface area (Å²) in [5.41, 5.74) is 2.64. The molecule has 0 N–H and O–H groups in total. The van der Waals surface area contributed by atoms with E-state index in [1.807, 2.05) is 60.7 Å². The average Bonchev–Trinajstić information content (AvgIpc) is 2.67. The minimum absolute atomic E-state index is 0.000657. The number of benzene rings is 2. The molecule has 0 aliphatic heterocycles. The highest BCUT2D eigenvalue weighted by molar-refractivity contribution is 5.39. The van der Waals surface area contributed by atoms with Crippen molar-refractivity contribution in [2.45, 2.75) is 19.8 Å². The van der Waals surface area contributed by atoms with E-state index in [9.17, 15) is 4.91 Å². The number of rotatable bonds is 8. The summed E-state index contributed by atoms with van der Waals surface area (Å²) in [6.45, 7) is 0.816. The van der Waals surface area contributed by atoms with Gasteiger partial charge in [0.2, 0.25) is 0 Å². The Kier molecular flexibility index (Phi) is 5.72. The van der Waals surface area contributed by atoms with Gasteiger partial charge in [-0.25, -0.2) is 0 Å². The Morgan fingerprint density at radius 1 is 0.800 bits per heavy atom. The molecule has 1 heterocycles. The Balaban J connectivity index is 1.74. The van der Waals surface area contributed by atoms with Crippen LogP contribution in [0.1, 0.15) is 16.8 Å². The second-order valence-corrected chi connectivity index (χ2v) is 5.46. The van der Waals surface area contributed by atoms with E-state index in [-0.39, 0.29) is 6.54 Å². The molecule has 0 atom stereocenters. The van der Waals surface area contributed by atoms with Gasteiger partial charge in [-0.3, -0.25) is 4.98 Å². The summed E-state index contributed by atoms with van der Waals surface area (Å²) in [7, 11) is 0. The zero-order valence-corrected chi connectivity index (χ0v) is 13.7. The molecule has 5 nitrogen and oxygen atoms in total. The summed E-state index contributed by atoms with van der Waals surface area (Å²) in [6, 6.07) is 21.4. The molecular formula is C20H18N2O3. The maximum Gasteiger partial charge on any atom is 0.179 e. The van der Waals surface area contributed by atoms with E-state index in [4.69, 9.17) is 9.47 Å². The summed E-state index contributed by atoms with van der Waals surface area (Å²) in [5, 5.41) is 2.88. The third-order valence-electron chi connectivity index (χ3n) is 3.59. The third-order valence-corrected chi connectivity index (χ3v) is 3.59. The maximum atomic E-state index is 10.5. The highest BCUT2D eigenvalue weighted by atomic mass is 16.5. The van der Waals surface area contributed by atoms with Crippen LogP contribution in [0.2, 0.25) is 0 Å². The first-order valence-corrected chi connectivity index (χ1v) is 7.96. The molecule has 3 rings (SSSR count). The highest BCUT2D eigenvalue weighted by Gasteiger charge is 2.09. The Morgan fingerprint density at radius 2 is 1.36 bits per heavy atom. The number of nitrogens with zero attached hydrogens (tertiary/aromatic N) is 2. The second-order valence-electron chi connectivity index (χ2n) is 5.46. The van der Waals surface area contributed by atoms with Crippen LogP contribution in [0.3, 0.4) is 0 Å². The van der Waals surface area contributed by atoms with Crippen molar-refractivity contribution < 1.29 is 9.47 Å². The second kappa shape index (κ2) is 8.59. The summed E-state index contributed by atoms with van der Waals surface area (Å²) >= 11 is 0. The van der Waals surface area contributed by atoms with E-state index in [2.05, 4.69) is 10.2 Å². The number of ether oxygens (including phenoxy) is 2. The van der Waals surface area contributed by atoms with Crippen molar-refractivity contribution in [3.05, 3.63) is 94.7 Å². The number of hydrogen-bond acceptors (Lipinski definition) is 5. The fourth-order valence-corrected chi connectivity index (χ4v) is 2.31. The van der Waals surface area contributed by atoms with Crippen molar-refractivity contribution >= 4 is 0 Å². The zero-order chi connectivity index (χ0) is 17.3. The highest BCUT2D eigenvalue weighted by Crippen LogP contribution is 2.29. The maximum absolute atomic E-state index is 10.5. The predicted molar refractivity (Wildman–Crippen MR) is 95.3 cm³/mol. The summed E-state index contributed by atoms with van der Waals surface area (Å²) in [4.78, 5) is 14.7. The van der Waals surface area contributed by atoms with Gasteiger partial charge in [-0.2, -0.15) is 4.91 Å². The van der Waals surface area contributed by atoms with E-state index in [1.165, 1.54) is 0 Å². The lowest BCUT2D eigenvalue weighted by molar-refractivity contribution is 0.254. The molecule has 2 aromatic carbocycles. The monoisotopic (exact) mass is 334 g/mol. The molecule has 0 saturated carbocycles.